The van der Waals surface area contributed by atoms with Gasteiger partial charge < -0.3 is 10.2 Å². The van der Waals surface area contributed by atoms with Gasteiger partial charge in [0.1, 0.15) is 5.82 Å². The number of likely N-dealkylation sites (tertiary alicyclic amines) is 1. The van der Waals surface area contributed by atoms with Gasteiger partial charge in [0.15, 0.2) is 0 Å². The van der Waals surface area contributed by atoms with Crippen LogP contribution in [0.2, 0.25) is 5.02 Å². The molecule has 0 spiro atoms. The minimum absolute atomic E-state index is 0.000827. The molecule has 1 aromatic rings. The average molecular weight is 313 g/mol. The molecule has 1 aliphatic heterocycles. The molecule has 1 aromatic carbocycles. The average Bonchev–Trinajstić information content (AvgIpc) is 2.43. The van der Waals surface area contributed by atoms with E-state index in [1.165, 1.54) is 12.1 Å². The number of rotatable bonds is 4. The van der Waals surface area contributed by atoms with Crippen LogP contribution in [0.15, 0.2) is 18.2 Å². The summed E-state index contributed by atoms with van der Waals surface area (Å²) < 4.78 is 13.3. The monoisotopic (exact) mass is 312 g/mol. The van der Waals surface area contributed by atoms with Crippen molar-refractivity contribution in [3.63, 3.8) is 0 Å². The second-order valence-corrected chi connectivity index (χ2v) is 5.83. The van der Waals surface area contributed by atoms with Crippen LogP contribution in [0.3, 0.4) is 0 Å². The minimum Gasteiger partial charge on any atom is -0.345 e. The van der Waals surface area contributed by atoms with Crippen LogP contribution in [-0.2, 0) is 16.0 Å². The van der Waals surface area contributed by atoms with E-state index in [-0.39, 0.29) is 17.5 Å². The summed E-state index contributed by atoms with van der Waals surface area (Å²) in [6, 6.07) is 4.11. The molecule has 21 heavy (non-hydrogen) atoms. The lowest BCUT2D eigenvalue weighted by Crippen LogP contribution is -2.48. The number of carbonyl (C=O) groups excluding carboxylic acids is 2. The van der Waals surface area contributed by atoms with Crippen molar-refractivity contribution < 1.29 is 14.0 Å². The summed E-state index contributed by atoms with van der Waals surface area (Å²) in [5, 5.41) is 2.75. The number of nitrogens with one attached hydrogen (secondary N) is 1. The Morgan fingerprint density at radius 3 is 2.90 bits per heavy atom. The highest BCUT2D eigenvalue weighted by molar-refractivity contribution is 6.36. The van der Waals surface area contributed by atoms with Gasteiger partial charge in [-0.05, 0) is 44.1 Å². The molecule has 1 aliphatic rings. The van der Waals surface area contributed by atoms with Crippen LogP contribution < -0.4 is 5.32 Å². The van der Waals surface area contributed by atoms with E-state index in [2.05, 4.69) is 10.2 Å². The van der Waals surface area contributed by atoms with Gasteiger partial charge in [-0.1, -0.05) is 17.7 Å². The summed E-state index contributed by atoms with van der Waals surface area (Å²) in [5.41, 5.74) is 0.442. The van der Waals surface area contributed by atoms with Crippen molar-refractivity contribution >= 4 is 23.3 Å². The summed E-state index contributed by atoms with van der Waals surface area (Å²) in [4.78, 5) is 25.9. The lowest BCUT2D eigenvalue weighted by Gasteiger charge is -2.29. The Bertz CT molecular complexity index is 550. The summed E-state index contributed by atoms with van der Waals surface area (Å²) in [5.74, 6) is -1.76. The van der Waals surface area contributed by atoms with Gasteiger partial charge in [0, 0.05) is 19.0 Å². The smallest absolute Gasteiger partial charge is 0.287 e. The molecule has 0 aliphatic carbocycles. The molecule has 1 amide bonds. The SMILES string of the molecule is CN1CCCC(NC(=O)C(=O)Cc2ccc(Cl)c(F)c2)C1. The second kappa shape index (κ2) is 7.00. The highest BCUT2D eigenvalue weighted by Gasteiger charge is 2.22. The van der Waals surface area contributed by atoms with Gasteiger partial charge in [0.05, 0.1) is 5.02 Å². The fraction of sp³-hybridized carbons (Fsp3) is 0.467. The molecule has 1 fully saturated rings. The third-order valence-corrected chi connectivity index (χ3v) is 3.87. The molecule has 114 valence electrons. The number of carbonyl (C=O) groups is 2. The zero-order valence-corrected chi connectivity index (χ0v) is 12.6. The molecule has 4 nitrogen and oxygen atoms in total. The van der Waals surface area contributed by atoms with E-state index in [1.54, 1.807) is 6.07 Å². The maximum Gasteiger partial charge on any atom is 0.287 e. The number of Topliss-reactive ketones (excluding diaryl/α,β-unsaturated/α-hetero) is 1. The molecular formula is C15H18ClFN2O2. The van der Waals surface area contributed by atoms with Gasteiger partial charge in [0.2, 0.25) is 5.78 Å². The van der Waals surface area contributed by atoms with Crippen molar-refractivity contribution in [1.29, 1.82) is 0 Å². The molecule has 6 heteroatoms. The predicted molar refractivity (Wildman–Crippen MR) is 78.8 cm³/mol. The lowest BCUT2D eigenvalue weighted by molar-refractivity contribution is -0.138. The van der Waals surface area contributed by atoms with E-state index < -0.39 is 17.5 Å². The van der Waals surface area contributed by atoms with Crippen LogP contribution in [0.4, 0.5) is 4.39 Å². The van der Waals surface area contributed by atoms with Crippen molar-refractivity contribution in [2.75, 3.05) is 20.1 Å². The molecule has 0 aromatic heterocycles. The Balaban J connectivity index is 1.90. The Kier molecular flexibility index (Phi) is 5.31. The van der Waals surface area contributed by atoms with E-state index in [1.807, 2.05) is 7.05 Å². The lowest BCUT2D eigenvalue weighted by atomic mass is 10.0. The fourth-order valence-electron chi connectivity index (χ4n) is 2.47. The number of halogens is 2. The van der Waals surface area contributed by atoms with Gasteiger partial charge >= 0.3 is 0 Å². The molecule has 0 saturated carbocycles. The highest BCUT2D eigenvalue weighted by Crippen LogP contribution is 2.16. The molecule has 1 heterocycles. The Morgan fingerprint density at radius 1 is 1.48 bits per heavy atom. The van der Waals surface area contributed by atoms with E-state index >= 15 is 0 Å². The maximum absolute atomic E-state index is 13.3. The minimum atomic E-state index is -0.606. The van der Waals surface area contributed by atoms with E-state index in [9.17, 15) is 14.0 Å². The molecule has 1 atom stereocenters. The number of amides is 1. The maximum atomic E-state index is 13.3. The molecule has 1 saturated heterocycles. The van der Waals surface area contributed by atoms with E-state index in [0.29, 0.717) is 5.56 Å². The Morgan fingerprint density at radius 2 is 2.24 bits per heavy atom. The number of benzene rings is 1. The normalized spacial score (nSPS) is 19.3. The zero-order chi connectivity index (χ0) is 15.4. The van der Waals surface area contributed by atoms with Crippen molar-refractivity contribution in [3.05, 3.63) is 34.6 Å². The van der Waals surface area contributed by atoms with Gasteiger partial charge in [-0.3, -0.25) is 9.59 Å². The molecule has 0 bridgehead atoms. The van der Waals surface area contributed by atoms with Gasteiger partial charge in [0.25, 0.3) is 5.91 Å². The zero-order valence-electron chi connectivity index (χ0n) is 11.9. The van der Waals surface area contributed by atoms with E-state index in [4.69, 9.17) is 11.6 Å². The topological polar surface area (TPSA) is 49.4 Å². The number of hydrogen-bond donors (Lipinski definition) is 1. The highest BCUT2D eigenvalue weighted by atomic mass is 35.5. The van der Waals surface area contributed by atoms with Crippen molar-refractivity contribution in [2.24, 2.45) is 0 Å². The quantitative estimate of drug-likeness (QED) is 0.863. The van der Waals surface area contributed by atoms with Crippen molar-refractivity contribution in [2.45, 2.75) is 25.3 Å². The molecular weight excluding hydrogens is 295 g/mol. The molecule has 1 unspecified atom stereocenters. The summed E-state index contributed by atoms with van der Waals surface area (Å²) in [7, 11) is 1.98. The summed E-state index contributed by atoms with van der Waals surface area (Å²) in [6.45, 7) is 1.75. The third-order valence-electron chi connectivity index (χ3n) is 3.56. The van der Waals surface area contributed by atoms with Gasteiger partial charge in [-0.15, -0.1) is 0 Å². The second-order valence-electron chi connectivity index (χ2n) is 5.42. The van der Waals surface area contributed by atoms with Crippen molar-refractivity contribution in [1.82, 2.24) is 10.2 Å². The number of likely N-dealkylation sites (N-methyl/N-ethyl adjacent to an activating group) is 1. The molecule has 1 N–H and O–H groups in total. The van der Waals surface area contributed by atoms with E-state index in [0.717, 1.165) is 25.9 Å². The van der Waals surface area contributed by atoms with Crippen LogP contribution in [0.25, 0.3) is 0 Å². The first-order valence-corrected chi connectivity index (χ1v) is 7.29. The third kappa shape index (κ3) is 4.51. The van der Waals surface area contributed by atoms with Crippen LogP contribution in [0.5, 0.6) is 0 Å². The number of piperidine rings is 1. The standard InChI is InChI=1S/C15H18ClFN2O2/c1-19-6-2-3-11(9-19)18-15(21)14(20)8-10-4-5-12(16)13(17)7-10/h4-5,7,11H,2-3,6,8-9H2,1H3,(H,18,21). The van der Waals surface area contributed by atoms with Crippen LogP contribution in [0.1, 0.15) is 18.4 Å². The first-order chi connectivity index (χ1) is 9.95. The fourth-order valence-corrected chi connectivity index (χ4v) is 2.58. The Hall–Kier alpha value is -1.46. The Labute approximate surface area is 128 Å². The summed E-state index contributed by atoms with van der Waals surface area (Å²) in [6.07, 6.45) is 1.75. The number of nitrogens with zero attached hydrogens (tertiary/aromatic N) is 1. The molecule has 2 rings (SSSR count). The van der Waals surface area contributed by atoms with Crippen LogP contribution >= 0.6 is 11.6 Å². The summed E-state index contributed by atoms with van der Waals surface area (Å²) >= 11 is 5.58. The van der Waals surface area contributed by atoms with Crippen LogP contribution in [-0.4, -0.2) is 42.8 Å². The molecule has 0 radical (unpaired) electrons. The number of hydrogen-bond acceptors (Lipinski definition) is 3. The van der Waals surface area contributed by atoms with Gasteiger partial charge in [-0.25, -0.2) is 4.39 Å². The number of ketones is 1. The van der Waals surface area contributed by atoms with Gasteiger partial charge in [-0.2, -0.15) is 0 Å². The predicted octanol–water partition coefficient (Wildman–Crippen LogP) is 1.80. The first kappa shape index (κ1) is 15.9. The first-order valence-electron chi connectivity index (χ1n) is 6.92. The largest absolute Gasteiger partial charge is 0.345 e. The van der Waals surface area contributed by atoms with Crippen molar-refractivity contribution in [3.8, 4) is 0 Å². The van der Waals surface area contributed by atoms with Crippen LogP contribution in [0, 0.1) is 5.82 Å².